The zero-order chi connectivity index (χ0) is 21.1. The minimum absolute atomic E-state index is 0.0449. The second-order valence-electron chi connectivity index (χ2n) is 6.60. The normalized spacial score (nSPS) is 14.4. The van der Waals surface area contributed by atoms with Gasteiger partial charge in [0.15, 0.2) is 5.76 Å². The van der Waals surface area contributed by atoms with Gasteiger partial charge in [-0.25, -0.2) is 9.82 Å². The number of nitro groups is 1. The first-order chi connectivity index (χ1) is 14.5. The van der Waals surface area contributed by atoms with Crippen molar-refractivity contribution < 1.29 is 23.3 Å². The van der Waals surface area contributed by atoms with E-state index in [1.807, 2.05) is 4.90 Å². The second kappa shape index (κ2) is 8.29. The van der Waals surface area contributed by atoms with Crippen molar-refractivity contribution in [3.05, 3.63) is 69.7 Å². The van der Waals surface area contributed by atoms with Crippen LogP contribution in [-0.2, 0) is 4.74 Å². The smallest absolute Gasteiger partial charge is 0.307 e. The molecule has 1 fully saturated rings. The summed E-state index contributed by atoms with van der Waals surface area (Å²) < 4.78 is 25.1. The maximum atomic E-state index is 14.4. The molecular weight excluding hydrogens is 395 g/mol. The molecule has 0 saturated carbocycles. The SMILES string of the molecule is O=C(N/N=C\c1ccc(N2CCOCC2)c(F)c1)c1cc2cc([N+](=O)[O-])ccc2o1. The summed E-state index contributed by atoms with van der Waals surface area (Å²) in [6.45, 7) is 2.37. The van der Waals surface area contributed by atoms with E-state index in [0.717, 1.165) is 0 Å². The quantitative estimate of drug-likeness (QED) is 0.392. The highest BCUT2D eigenvalue weighted by Gasteiger charge is 2.16. The highest BCUT2D eigenvalue weighted by atomic mass is 19.1. The predicted octanol–water partition coefficient (Wildman–Crippen LogP) is 3.08. The van der Waals surface area contributed by atoms with Crippen LogP contribution in [0.2, 0.25) is 0 Å². The number of amides is 1. The number of nitrogens with zero attached hydrogens (tertiary/aromatic N) is 3. The van der Waals surface area contributed by atoms with Gasteiger partial charge >= 0.3 is 5.91 Å². The number of furan rings is 1. The van der Waals surface area contributed by atoms with Gasteiger partial charge in [0.2, 0.25) is 0 Å². The molecule has 30 heavy (non-hydrogen) atoms. The molecule has 0 bridgehead atoms. The van der Waals surface area contributed by atoms with E-state index < -0.39 is 10.8 Å². The average Bonchev–Trinajstić information content (AvgIpc) is 3.18. The van der Waals surface area contributed by atoms with E-state index in [1.165, 1.54) is 36.5 Å². The van der Waals surface area contributed by atoms with Crippen molar-refractivity contribution in [3.8, 4) is 0 Å². The largest absolute Gasteiger partial charge is 0.451 e. The standard InChI is InChI=1S/C20H17FN4O5/c21-16-9-13(1-3-17(16)24-5-7-29-8-6-24)12-22-23-20(26)19-11-14-10-15(25(27)28)2-4-18(14)30-19/h1-4,9-12H,5-8H2,(H,23,26)/b22-12-. The van der Waals surface area contributed by atoms with E-state index in [-0.39, 0.29) is 17.3 Å². The fraction of sp³-hybridized carbons (Fsp3) is 0.200. The topological polar surface area (TPSA) is 110 Å². The Hall–Kier alpha value is -3.79. The van der Waals surface area contributed by atoms with Gasteiger partial charge in [-0.3, -0.25) is 14.9 Å². The van der Waals surface area contributed by atoms with Crippen LogP contribution in [0.15, 0.2) is 52.0 Å². The van der Waals surface area contributed by atoms with E-state index in [0.29, 0.717) is 48.5 Å². The zero-order valence-electron chi connectivity index (χ0n) is 15.7. The molecule has 154 valence electrons. The maximum Gasteiger partial charge on any atom is 0.307 e. The summed E-state index contributed by atoms with van der Waals surface area (Å²) in [5, 5.41) is 15.1. The number of ether oxygens (including phenoxy) is 1. The van der Waals surface area contributed by atoms with E-state index >= 15 is 0 Å². The number of carbonyl (C=O) groups is 1. The van der Waals surface area contributed by atoms with Crippen LogP contribution in [0.25, 0.3) is 11.0 Å². The minimum atomic E-state index is -0.629. The van der Waals surface area contributed by atoms with Gasteiger partial charge in [-0.2, -0.15) is 5.10 Å². The number of anilines is 1. The highest BCUT2D eigenvalue weighted by molar-refractivity contribution is 5.97. The Kier molecular flexibility index (Phi) is 5.40. The molecular formula is C20H17FN4O5. The van der Waals surface area contributed by atoms with Crippen LogP contribution in [-0.4, -0.2) is 43.3 Å². The molecule has 0 radical (unpaired) electrons. The van der Waals surface area contributed by atoms with Gasteiger partial charge in [-0.15, -0.1) is 0 Å². The summed E-state index contributed by atoms with van der Waals surface area (Å²) in [4.78, 5) is 24.4. The summed E-state index contributed by atoms with van der Waals surface area (Å²) in [6, 6.07) is 10.1. The van der Waals surface area contributed by atoms with Crippen LogP contribution >= 0.6 is 0 Å². The second-order valence-corrected chi connectivity index (χ2v) is 6.60. The van der Waals surface area contributed by atoms with E-state index in [2.05, 4.69) is 10.5 Å². The van der Waals surface area contributed by atoms with Crippen molar-refractivity contribution in [2.75, 3.05) is 31.2 Å². The molecule has 2 aromatic carbocycles. The first kappa shape index (κ1) is 19.5. The van der Waals surface area contributed by atoms with Gasteiger partial charge in [0.05, 0.1) is 30.0 Å². The Balaban J connectivity index is 1.42. The number of nitrogens with one attached hydrogen (secondary N) is 1. The van der Waals surface area contributed by atoms with Crippen LogP contribution in [0.3, 0.4) is 0 Å². The minimum Gasteiger partial charge on any atom is -0.451 e. The Morgan fingerprint density at radius 3 is 2.73 bits per heavy atom. The number of hydrazone groups is 1. The zero-order valence-corrected chi connectivity index (χ0v) is 15.7. The summed E-state index contributed by atoms with van der Waals surface area (Å²) in [7, 11) is 0. The van der Waals surface area contributed by atoms with Crippen molar-refractivity contribution in [1.29, 1.82) is 0 Å². The molecule has 0 unspecified atom stereocenters. The van der Waals surface area contributed by atoms with Crippen LogP contribution < -0.4 is 10.3 Å². The summed E-state index contributed by atoms with van der Waals surface area (Å²) in [5.41, 5.74) is 3.51. The number of hydrogen-bond acceptors (Lipinski definition) is 7. The van der Waals surface area contributed by atoms with Crippen molar-refractivity contribution in [2.24, 2.45) is 5.10 Å². The number of rotatable bonds is 5. The van der Waals surface area contributed by atoms with Gasteiger partial charge in [-0.05, 0) is 29.8 Å². The Morgan fingerprint density at radius 1 is 1.20 bits per heavy atom. The molecule has 0 spiro atoms. The molecule has 10 heteroatoms. The number of fused-ring (bicyclic) bond motifs is 1. The Bertz CT molecular complexity index is 1140. The first-order valence-electron chi connectivity index (χ1n) is 9.15. The van der Waals surface area contributed by atoms with Crippen molar-refractivity contribution in [3.63, 3.8) is 0 Å². The molecule has 1 aromatic heterocycles. The van der Waals surface area contributed by atoms with Gasteiger partial charge in [0.25, 0.3) is 5.69 Å². The lowest BCUT2D eigenvalue weighted by Gasteiger charge is -2.29. The van der Waals surface area contributed by atoms with Gasteiger partial charge in [-0.1, -0.05) is 6.07 Å². The van der Waals surface area contributed by atoms with Gasteiger partial charge in [0.1, 0.15) is 11.4 Å². The van der Waals surface area contributed by atoms with Crippen LogP contribution in [0.5, 0.6) is 0 Å². The number of halogens is 1. The van der Waals surface area contributed by atoms with Crippen molar-refractivity contribution in [1.82, 2.24) is 5.43 Å². The van der Waals surface area contributed by atoms with Crippen molar-refractivity contribution in [2.45, 2.75) is 0 Å². The van der Waals surface area contributed by atoms with Gasteiger partial charge < -0.3 is 14.1 Å². The number of carbonyl (C=O) groups excluding carboxylic acids is 1. The lowest BCUT2D eigenvalue weighted by Crippen LogP contribution is -2.36. The van der Waals surface area contributed by atoms with Crippen LogP contribution in [0.1, 0.15) is 16.1 Å². The Labute approximate surface area is 169 Å². The predicted molar refractivity (Wildman–Crippen MR) is 107 cm³/mol. The van der Waals surface area contributed by atoms with Gasteiger partial charge in [0, 0.05) is 30.6 Å². The molecule has 1 amide bonds. The van der Waals surface area contributed by atoms with Crippen LogP contribution in [0, 0.1) is 15.9 Å². The number of nitro benzene ring substituents is 1. The molecule has 4 rings (SSSR count). The third-order valence-electron chi connectivity index (χ3n) is 4.64. The third-order valence-corrected chi connectivity index (χ3v) is 4.64. The summed E-state index contributed by atoms with van der Waals surface area (Å²) in [6.07, 6.45) is 1.32. The summed E-state index contributed by atoms with van der Waals surface area (Å²) in [5.74, 6) is -1.06. The molecule has 9 nitrogen and oxygen atoms in total. The first-order valence-corrected chi connectivity index (χ1v) is 9.15. The van der Waals surface area contributed by atoms with E-state index in [4.69, 9.17) is 9.15 Å². The number of hydrogen-bond donors (Lipinski definition) is 1. The lowest BCUT2D eigenvalue weighted by molar-refractivity contribution is -0.384. The fourth-order valence-corrected chi connectivity index (χ4v) is 3.14. The number of morpholine rings is 1. The Morgan fingerprint density at radius 2 is 2.00 bits per heavy atom. The molecule has 1 N–H and O–H groups in total. The molecule has 0 aliphatic carbocycles. The molecule has 3 aromatic rings. The lowest BCUT2D eigenvalue weighted by atomic mass is 10.2. The summed E-state index contributed by atoms with van der Waals surface area (Å²) >= 11 is 0. The van der Waals surface area contributed by atoms with Crippen molar-refractivity contribution >= 4 is 34.5 Å². The number of non-ortho nitro benzene ring substituents is 1. The molecule has 0 atom stereocenters. The molecule has 1 saturated heterocycles. The molecule has 1 aliphatic heterocycles. The molecule has 2 heterocycles. The fourth-order valence-electron chi connectivity index (χ4n) is 3.14. The van der Waals surface area contributed by atoms with E-state index in [9.17, 15) is 19.3 Å². The monoisotopic (exact) mass is 412 g/mol. The average molecular weight is 412 g/mol. The molecule has 1 aliphatic rings. The maximum absolute atomic E-state index is 14.4. The number of benzene rings is 2. The third kappa shape index (κ3) is 4.13. The van der Waals surface area contributed by atoms with E-state index in [1.54, 1.807) is 12.1 Å². The highest BCUT2D eigenvalue weighted by Crippen LogP contribution is 2.24. The van der Waals surface area contributed by atoms with Crippen LogP contribution in [0.4, 0.5) is 15.8 Å².